The smallest absolute Gasteiger partial charge is 0.408 e. The van der Waals surface area contributed by atoms with E-state index < -0.39 is 58.9 Å². The summed E-state index contributed by atoms with van der Waals surface area (Å²) in [4.78, 5) is 68.4. The number of likely N-dealkylation sites (tertiary alicyclic amines) is 2. The number of anilines is 1. The molecule has 8 rings (SSSR count). The molecule has 3 amide bonds. The summed E-state index contributed by atoms with van der Waals surface area (Å²) in [6.07, 6.45) is 4.67. The number of nitrogens with zero attached hydrogens (tertiary/aromatic N) is 4. The van der Waals surface area contributed by atoms with Crippen molar-refractivity contribution in [1.82, 2.24) is 30.4 Å². The lowest BCUT2D eigenvalue weighted by molar-refractivity contribution is -0.146. The average molecular weight is 921 g/mol. The van der Waals surface area contributed by atoms with Gasteiger partial charge in [0.1, 0.15) is 58.7 Å². The van der Waals surface area contributed by atoms with E-state index in [-0.39, 0.29) is 42.7 Å². The van der Waals surface area contributed by atoms with Gasteiger partial charge >= 0.3 is 12.1 Å². The summed E-state index contributed by atoms with van der Waals surface area (Å²) in [5, 5.41) is 22.5. The summed E-state index contributed by atoms with van der Waals surface area (Å²) in [5.74, 6) is -1.62. The third-order valence-electron chi connectivity index (χ3n) is 12.8. The number of methoxy groups -OCH3 is 1. The highest BCUT2D eigenvalue weighted by molar-refractivity contribution is 7.14. The van der Waals surface area contributed by atoms with Crippen molar-refractivity contribution in [3.8, 4) is 22.9 Å². The highest BCUT2D eigenvalue weighted by atomic mass is 35.5. The topological polar surface area (TPSA) is 194 Å². The van der Waals surface area contributed by atoms with Gasteiger partial charge in [-0.3, -0.25) is 14.5 Å². The van der Waals surface area contributed by atoms with Gasteiger partial charge in [-0.2, -0.15) is 0 Å². The molecule has 3 aromatic rings. The molecule has 18 heteroatoms. The number of carbonyl (C=O) groups is 4. The predicted molar refractivity (Wildman–Crippen MR) is 243 cm³/mol. The Morgan fingerprint density at radius 2 is 1.89 bits per heavy atom. The summed E-state index contributed by atoms with van der Waals surface area (Å²) < 4.78 is 24.3. The van der Waals surface area contributed by atoms with Crippen LogP contribution in [0.15, 0.2) is 47.9 Å². The van der Waals surface area contributed by atoms with Gasteiger partial charge in [0, 0.05) is 74.3 Å². The minimum Gasteiger partial charge on any atom is -0.491 e. The van der Waals surface area contributed by atoms with Crippen LogP contribution in [0.4, 0.5) is 9.93 Å². The van der Waals surface area contributed by atoms with Gasteiger partial charge in [-0.25, -0.2) is 19.6 Å². The van der Waals surface area contributed by atoms with E-state index in [0.717, 1.165) is 25.9 Å². The third-order valence-corrected chi connectivity index (χ3v) is 14.0. The Balaban J connectivity index is 1.09. The zero-order chi connectivity index (χ0) is 45.7. The maximum absolute atomic E-state index is 14.8. The van der Waals surface area contributed by atoms with Crippen molar-refractivity contribution in [3.05, 3.63) is 52.9 Å². The number of carboxylic acids is 1. The number of thiazole rings is 1. The molecule has 2 aromatic heterocycles. The molecular weight excluding hydrogens is 862 g/mol. The van der Waals surface area contributed by atoms with E-state index in [9.17, 15) is 24.3 Å². The number of ether oxygens (including phenoxy) is 4. The van der Waals surface area contributed by atoms with Gasteiger partial charge in [0.25, 0.3) is 0 Å². The highest BCUT2D eigenvalue weighted by Gasteiger charge is 2.61. The van der Waals surface area contributed by atoms with Crippen LogP contribution in [0.2, 0.25) is 5.02 Å². The van der Waals surface area contributed by atoms with Crippen molar-refractivity contribution < 1.29 is 43.2 Å². The first-order valence-electron chi connectivity index (χ1n) is 22.0. The Kier molecular flexibility index (Phi) is 12.9. The first-order chi connectivity index (χ1) is 30.5. The van der Waals surface area contributed by atoms with Crippen LogP contribution in [0.5, 0.6) is 11.5 Å². The van der Waals surface area contributed by atoms with E-state index in [1.54, 1.807) is 19.2 Å². The van der Waals surface area contributed by atoms with Crippen molar-refractivity contribution in [2.45, 2.75) is 109 Å². The second-order valence-electron chi connectivity index (χ2n) is 19.0. The SMILES string of the molecule is C=C[C@@H]1CC1(NC(=O)[C@@H]1CC(Oc2cc(-c3csc(NC(C)C)n3)nc3c(Cl)c(OCCN4CC[C@@H](OC)C4)ccc23)CN1C(=O)[C@@H](NC(=O)O[C@@H]1CC2=C[C@@H]2C1)C(C)(C)C)C(=O)O. The Morgan fingerprint density at radius 3 is 2.55 bits per heavy atom. The Morgan fingerprint density at radius 1 is 1.09 bits per heavy atom. The van der Waals surface area contributed by atoms with Crippen molar-refractivity contribution >= 4 is 62.8 Å². The van der Waals surface area contributed by atoms with Gasteiger partial charge in [-0.05, 0) is 50.7 Å². The Hall–Kier alpha value is -4.97. The third kappa shape index (κ3) is 9.68. The van der Waals surface area contributed by atoms with Gasteiger partial charge in [0.15, 0.2) is 5.13 Å². The van der Waals surface area contributed by atoms with Crippen molar-refractivity contribution in [2.24, 2.45) is 17.3 Å². The van der Waals surface area contributed by atoms with Crippen molar-refractivity contribution in [3.63, 3.8) is 0 Å². The molecule has 2 unspecified atom stereocenters. The fraction of sp³-hybridized carbons (Fsp3) is 0.565. The number of hydrogen-bond acceptors (Lipinski definition) is 13. The van der Waals surface area contributed by atoms with Crippen LogP contribution in [0, 0.1) is 17.3 Å². The summed E-state index contributed by atoms with van der Waals surface area (Å²) in [6, 6.07) is 3.27. The second kappa shape index (κ2) is 18.1. The molecular formula is C46H58ClN7O9S. The molecule has 4 N–H and O–H groups in total. The molecule has 64 heavy (non-hydrogen) atoms. The summed E-state index contributed by atoms with van der Waals surface area (Å²) in [5.41, 5.74) is 0.412. The minimum absolute atomic E-state index is 0.0135. The number of allylic oxidation sites excluding steroid dienone is 1. The lowest BCUT2D eigenvalue weighted by Gasteiger charge is -2.35. The van der Waals surface area contributed by atoms with Gasteiger partial charge in [0.2, 0.25) is 11.8 Å². The van der Waals surface area contributed by atoms with Gasteiger partial charge in [-0.15, -0.1) is 17.9 Å². The number of aliphatic carboxylic acids is 1. The Labute approximate surface area is 382 Å². The molecule has 8 atom stereocenters. The van der Waals surface area contributed by atoms with Crippen LogP contribution in [-0.2, 0) is 23.9 Å². The average Bonchev–Trinajstić information content (AvgIpc) is 3.72. The quantitative estimate of drug-likeness (QED) is 0.111. The molecule has 0 spiro atoms. The first-order valence-corrected chi connectivity index (χ1v) is 23.3. The second-order valence-corrected chi connectivity index (χ2v) is 20.2. The molecule has 5 aliphatic rings. The fourth-order valence-corrected chi connectivity index (χ4v) is 10.2. The molecule has 2 saturated heterocycles. The maximum Gasteiger partial charge on any atom is 0.408 e. The number of amides is 3. The normalized spacial score (nSPS) is 26.6. The van der Waals surface area contributed by atoms with Crippen LogP contribution < -0.4 is 25.4 Å². The monoisotopic (exact) mass is 919 g/mol. The van der Waals surface area contributed by atoms with Crippen LogP contribution >= 0.6 is 22.9 Å². The minimum atomic E-state index is -1.54. The molecule has 4 fully saturated rings. The highest BCUT2D eigenvalue weighted by Crippen LogP contribution is 2.46. The van der Waals surface area contributed by atoms with Crippen molar-refractivity contribution in [1.29, 1.82) is 0 Å². The zero-order valence-electron chi connectivity index (χ0n) is 37.1. The molecule has 2 saturated carbocycles. The lowest BCUT2D eigenvalue weighted by Crippen LogP contribution is -2.59. The number of nitrogens with one attached hydrogen (secondary N) is 3. The number of hydrogen-bond donors (Lipinski definition) is 4. The summed E-state index contributed by atoms with van der Waals surface area (Å²) in [7, 11) is 1.73. The molecule has 0 bridgehead atoms. The lowest BCUT2D eigenvalue weighted by atomic mass is 9.85. The molecule has 0 radical (unpaired) electrons. The summed E-state index contributed by atoms with van der Waals surface area (Å²) in [6.45, 7) is 16.0. The van der Waals surface area contributed by atoms with E-state index in [1.165, 1.54) is 27.9 Å². The molecule has 3 aliphatic carbocycles. The van der Waals surface area contributed by atoms with E-state index >= 15 is 0 Å². The number of rotatable bonds is 17. The number of carboxylic acid groups (broad SMARTS) is 1. The van der Waals surface area contributed by atoms with E-state index in [2.05, 4.69) is 33.5 Å². The molecule has 2 aliphatic heterocycles. The van der Waals surface area contributed by atoms with Gasteiger partial charge < -0.3 is 44.9 Å². The zero-order valence-corrected chi connectivity index (χ0v) is 38.7. The van der Waals surface area contributed by atoms with Crippen molar-refractivity contribution in [2.75, 3.05) is 45.2 Å². The number of halogens is 1. The van der Waals surface area contributed by atoms with E-state index in [4.69, 9.17) is 40.5 Å². The fourth-order valence-electron chi connectivity index (χ4n) is 9.09. The number of pyridine rings is 1. The number of aromatic nitrogens is 2. The van der Waals surface area contributed by atoms with Crippen LogP contribution in [0.25, 0.3) is 22.3 Å². The Bertz CT molecular complexity index is 2350. The summed E-state index contributed by atoms with van der Waals surface area (Å²) >= 11 is 8.55. The number of alkyl carbamates (subject to hydrolysis) is 1. The van der Waals surface area contributed by atoms with Crippen LogP contribution in [-0.4, -0.2) is 131 Å². The molecule has 4 heterocycles. The van der Waals surface area contributed by atoms with E-state index in [0.29, 0.717) is 64.4 Å². The standard InChI is InChI=1S/C46H58ClN7O9S/c1-8-27-20-46(27,42(57)58)52-40(55)34-18-30(22-54(34)41(56)39(45(4,5)6)51-44(59)63-29-16-25-15-26(25)17-29)62-36-19-32(33-23-64-43(50-33)48-24(2)3)49-38-31(36)9-10-35(37(38)47)61-14-13-53-12-11-28(21-53)60-7/h8-10,15,19,23-25,27-30,34,39H,1,11-14,16-18,20-22H2,2-7H3,(H,48,50)(H,51,59)(H,52,55)(H,57,58)/t25-,27-,28-,29+,30?,34+,39-,46?/m1/s1. The number of benzene rings is 1. The van der Waals surface area contributed by atoms with E-state index in [1.807, 2.05) is 46.1 Å². The maximum atomic E-state index is 14.8. The largest absolute Gasteiger partial charge is 0.491 e. The molecule has 344 valence electrons. The van der Waals surface area contributed by atoms with Crippen LogP contribution in [0.1, 0.15) is 66.7 Å². The van der Waals surface area contributed by atoms with Crippen LogP contribution in [0.3, 0.4) is 0 Å². The molecule has 1 aromatic carbocycles. The predicted octanol–water partition coefficient (Wildman–Crippen LogP) is 6.28. The number of fused-ring (bicyclic) bond motifs is 2. The first kappa shape index (κ1) is 45.6. The number of carbonyl (C=O) groups excluding carboxylic acids is 3. The van der Waals surface area contributed by atoms with Gasteiger partial charge in [-0.1, -0.05) is 50.1 Å². The molecule has 16 nitrogen and oxygen atoms in total. The van der Waals surface area contributed by atoms with Gasteiger partial charge in [0.05, 0.1) is 23.9 Å².